The van der Waals surface area contributed by atoms with E-state index in [1.807, 2.05) is 45.0 Å². The summed E-state index contributed by atoms with van der Waals surface area (Å²) in [6, 6.07) is 20.3. The van der Waals surface area contributed by atoms with Gasteiger partial charge in [-0.25, -0.2) is 4.79 Å². The van der Waals surface area contributed by atoms with Crippen molar-refractivity contribution in [3.05, 3.63) is 117 Å². The molecule has 0 aliphatic heterocycles. The van der Waals surface area contributed by atoms with Crippen molar-refractivity contribution < 1.29 is 19.4 Å². The number of amides is 1. The molecule has 1 heterocycles. The number of nitrogens with one attached hydrogen (secondary N) is 1. The van der Waals surface area contributed by atoms with E-state index in [4.69, 9.17) is 16.3 Å². The Bertz CT molecular complexity index is 1670. The zero-order chi connectivity index (χ0) is 29.1. The summed E-state index contributed by atoms with van der Waals surface area (Å²) in [7, 11) is 0. The number of rotatable bonds is 9. The van der Waals surface area contributed by atoms with Crippen molar-refractivity contribution >= 4 is 34.7 Å². The van der Waals surface area contributed by atoms with E-state index in [1.54, 1.807) is 18.3 Å². The fourth-order valence-electron chi connectivity index (χ4n) is 5.40. The molecule has 0 atom stereocenters. The number of carbonyl (C=O) groups excluding carboxylic acids is 1. The van der Waals surface area contributed by atoms with Crippen molar-refractivity contribution in [3.63, 3.8) is 0 Å². The van der Waals surface area contributed by atoms with Crippen LogP contribution in [0.1, 0.15) is 51.1 Å². The van der Waals surface area contributed by atoms with Gasteiger partial charge in [-0.1, -0.05) is 41.9 Å². The topological polar surface area (TPSA) is 88.5 Å². The number of nitrogens with zero attached hydrogens (tertiary/aromatic N) is 1. The van der Waals surface area contributed by atoms with Crippen LogP contribution in [-0.2, 0) is 11.2 Å². The number of aromatic carboxylic acids is 1. The average molecular weight is 567 g/mol. The molecule has 1 aliphatic rings. The molecule has 0 spiro atoms. The Morgan fingerprint density at radius 2 is 1.66 bits per heavy atom. The lowest BCUT2D eigenvalue weighted by molar-refractivity contribution is -0.112. The second-order valence-electron chi connectivity index (χ2n) is 10.3. The number of allylic oxidation sites excluding steroid dienone is 1. The third kappa shape index (κ3) is 6.03. The smallest absolute Gasteiger partial charge is 0.335 e. The summed E-state index contributed by atoms with van der Waals surface area (Å²) in [5, 5.41) is 13.1. The number of anilines is 1. The van der Waals surface area contributed by atoms with E-state index >= 15 is 0 Å². The zero-order valence-electron chi connectivity index (χ0n) is 23.3. The lowest BCUT2D eigenvalue weighted by Crippen LogP contribution is -2.16. The third-order valence-electron chi connectivity index (χ3n) is 7.41. The molecule has 0 fully saturated rings. The minimum absolute atomic E-state index is 0.117. The molecule has 41 heavy (non-hydrogen) atoms. The van der Waals surface area contributed by atoms with E-state index in [-0.39, 0.29) is 11.5 Å². The maximum absolute atomic E-state index is 13.7. The highest BCUT2D eigenvalue weighted by molar-refractivity contribution is 6.32. The fraction of sp³-hybridized carbons (Fsp3) is 0.206. The van der Waals surface area contributed by atoms with Gasteiger partial charge in [-0.3, -0.25) is 9.78 Å². The summed E-state index contributed by atoms with van der Waals surface area (Å²) in [4.78, 5) is 29.6. The summed E-state index contributed by atoms with van der Waals surface area (Å²) >= 11 is 6.31. The van der Waals surface area contributed by atoms with Gasteiger partial charge in [0.15, 0.2) is 0 Å². The van der Waals surface area contributed by atoms with Crippen LogP contribution in [0.2, 0.25) is 5.02 Å². The minimum Gasteiger partial charge on any atom is -0.494 e. The second kappa shape index (κ2) is 12.0. The molecule has 1 amide bonds. The van der Waals surface area contributed by atoms with Crippen molar-refractivity contribution in [2.75, 3.05) is 11.9 Å². The van der Waals surface area contributed by atoms with Crippen molar-refractivity contribution in [1.82, 2.24) is 4.98 Å². The zero-order valence-corrected chi connectivity index (χ0v) is 24.0. The Morgan fingerprint density at radius 1 is 0.951 bits per heavy atom. The first-order chi connectivity index (χ1) is 19.7. The molecule has 0 saturated carbocycles. The van der Waals surface area contributed by atoms with Crippen molar-refractivity contribution in [2.45, 2.75) is 40.0 Å². The Kier molecular flexibility index (Phi) is 8.22. The highest BCUT2D eigenvalue weighted by Crippen LogP contribution is 2.41. The number of halogens is 1. The molecule has 0 bridgehead atoms. The molecule has 208 valence electrons. The van der Waals surface area contributed by atoms with Crippen LogP contribution in [0.4, 0.5) is 5.69 Å². The van der Waals surface area contributed by atoms with E-state index in [1.165, 1.54) is 12.1 Å². The SMILES string of the molecule is Cc1cc(OCCCC2=C(C(=O)Nc3cccc(C(=O)O)c3)Cc3c2cccc3-c2cccnc2C)cc(C)c1Cl. The van der Waals surface area contributed by atoms with Gasteiger partial charge in [-0.05, 0) is 103 Å². The molecule has 1 aromatic heterocycles. The molecule has 5 rings (SSSR count). The first-order valence-electron chi connectivity index (χ1n) is 13.5. The van der Waals surface area contributed by atoms with Crippen LogP contribution >= 0.6 is 11.6 Å². The third-order valence-corrected chi connectivity index (χ3v) is 8.00. The standard InChI is InChI=1S/C34H31ClN2O4/c1-20-16-25(17-21(2)32(20)35)41-15-7-13-29-28-11-5-10-27(26-12-6-14-36-22(26)3)30(28)19-31(29)33(38)37-24-9-4-8-23(18-24)34(39)40/h4-6,8-12,14,16-18H,7,13,15,19H2,1-3H3,(H,37,38)(H,39,40). The normalized spacial score (nSPS) is 12.3. The largest absolute Gasteiger partial charge is 0.494 e. The number of carbonyl (C=O) groups is 2. The quantitative estimate of drug-likeness (QED) is 0.201. The van der Waals surface area contributed by atoms with Crippen LogP contribution in [-0.4, -0.2) is 28.6 Å². The van der Waals surface area contributed by atoms with Gasteiger partial charge in [0.1, 0.15) is 5.75 Å². The number of carboxylic acids is 1. The molecular weight excluding hydrogens is 536 g/mol. The van der Waals surface area contributed by atoms with Gasteiger partial charge in [0.25, 0.3) is 5.91 Å². The van der Waals surface area contributed by atoms with E-state index in [9.17, 15) is 14.7 Å². The van der Waals surface area contributed by atoms with E-state index in [0.29, 0.717) is 37.1 Å². The maximum Gasteiger partial charge on any atom is 0.335 e. The van der Waals surface area contributed by atoms with Gasteiger partial charge >= 0.3 is 5.97 Å². The molecular formula is C34H31ClN2O4. The van der Waals surface area contributed by atoms with Crippen molar-refractivity contribution in [1.29, 1.82) is 0 Å². The van der Waals surface area contributed by atoms with Gasteiger partial charge in [-0.2, -0.15) is 0 Å². The molecule has 1 aliphatic carbocycles. The Balaban J connectivity index is 1.43. The van der Waals surface area contributed by atoms with Crippen LogP contribution in [0.25, 0.3) is 16.7 Å². The number of benzene rings is 3. The molecule has 0 radical (unpaired) electrons. The van der Waals surface area contributed by atoms with E-state index < -0.39 is 5.97 Å². The molecule has 4 aromatic rings. The Hall–Kier alpha value is -4.42. The molecule has 0 unspecified atom stereocenters. The van der Waals surface area contributed by atoms with Gasteiger partial charge in [0, 0.05) is 40.2 Å². The molecule has 7 heteroatoms. The lowest BCUT2D eigenvalue weighted by Gasteiger charge is -2.13. The van der Waals surface area contributed by atoms with Gasteiger partial charge < -0.3 is 15.2 Å². The molecule has 6 nitrogen and oxygen atoms in total. The van der Waals surface area contributed by atoms with Crippen molar-refractivity contribution in [3.8, 4) is 16.9 Å². The van der Waals surface area contributed by atoms with Gasteiger partial charge in [0.05, 0.1) is 12.2 Å². The molecule has 3 aromatic carbocycles. The summed E-state index contributed by atoms with van der Waals surface area (Å²) in [6.45, 7) is 6.39. The van der Waals surface area contributed by atoms with E-state index in [2.05, 4.69) is 28.5 Å². The predicted octanol–water partition coefficient (Wildman–Crippen LogP) is 7.83. The summed E-state index contributed by atoms with van der Waals surface area (Å²) in [5.41, 5.74) is 9.31. The number of pyridine rings is 1. The fourth-order valence-corrected chi connectivity index (χ4v) is 5.50. The van der Waals surface area contributed by atoms with Crippen LogP contribution in [0.3, 0.4) is 0 Å². The number of carboxylic acid groups (broad SMARTS) is 1. The average Bonchev–Trinajstić information content (AvgIpc) is 3.33. The van der Waals surface area contributed by atoms with Crippen LogP contribution in [0, 0.1) is 20.8 Å². The van der Waals surface area contributed by atoms with Crippen LogP contribution in [0.5, 0.6) is 5.75 Å². The first kappa shape index (κ1) is 28.1. The lowest BCUT2D eigenvalue weighted by atomic mass is 9.93. The number of fused-ring (bicyclic) bond motifs is 1. The van der Waals surface area contributed by atoms with Crippen LogP contribution in [0.15, 0.2) is 78.5 Å². The minimum atomic E-state index is -1.04. The molecule has 2 N–H and O–H groups in total. The summed E-state index contributed by atoms with van der Waals surface area (Å²) in [5.74, 6) is -0.509. The van der Waals surface area contributed by atoms with Gasteiger partial charge in [-0.15, -0.1) is 0 Å². The van der Waals surface area contributed by atoms with Gasteiger partial charge in [0.2, 0.25) is 0 Å². The number of hydrogen-bond donors (Lipinski definition) is 2. The number of hydrogen-bond acceptors (Lipinski definition) is 4. The number of aryl methyl sites for hydroxylation is 3. The molecule has 0 saturated heterocycles. The van der Waals surface area contributed by atoms with Crippen LogP contribution < -0.4 is 10.1 Å². The highest BCUT2D eigenvalue weighted by atomic mass is 35.5. The summed E-state index contributed by atoms with van der Waals surface area (Å²) < 4.78 is 6.06. The number of aromatic nitrogens is 1. The second-order valence-corrected chi connectivity index (χ2v) is 10.6. The Morgan fingerprint density at radius 3 is 2.39 bits per heavy atom. The Labute approximate surface area is 244 Å². The highest BCUT2D eigenvalue weighted by Gasteiger charge is 2.28. The van der Waals surface area contributed by atoms with E-state index in [0.717, 1.165) is 55.4 Å². The van der Waals surface area contributed by atoms with Crippen molar-refractivity contribution in [2.24, 2.45) is 0 Å². The monoisotopic (exact) mass is 566 g/mol. The maximum atomic E-state index is 13.7. The first-order valence-corrected chi connectivity index (χ1v) is 13.9. The predicted molar refractivity (Wildman–Crippen MR) is 163 cm³/mol. The number of ether oxygens (including phenoxy) is 1. The summed E-state index contributed by atoms with van der Waals surface area (Å²) in [6.07, 6.45) is 3.60.